The summed E-state index contributed by atoms with van der Waals surface area (Å²) in [5.41, 5.74) is -2.05. The summed E-state index contributed by atoms with van der Waals surface area (Å²) in [5.74, 6) is -1.24. The average Bonchev–Trinajstić information content (AvgIpc) is 2.36. The van der Waals surface area contributed by atoms with Crippen LogP contribution in [0.2, 0.25) is 0 Å². The van der Waals surface area contributed by atoms with Crippen molar-refractivity contribution in [3.8, 4) is 0 Å². The van der Waals surface area contributed by atoms with Crippen LogP contribution in [0.3, 0.4) is 0 Å². The van der Waals surface area contributed by atoms with Gasteiger partial charge in [-0.05, 0) is 39.5 Å². The number of carboxylic acid groups (broad SMARTS) is 1. The monoisotopic (exact) mass is 301 g/mol. The Morgan fingerprint density at radius 3 is 2.43 bits per heavy atom. The van der Waals surface area contributed by atoms with Crippen LogP contribution in [0, 0.1) is 5.92 Å². The first kappa shape index (κ1) is 17.8. The maximum Gasteiger partial charge on any atom is 0.411 e. The Hall–Kier alpha value is -1.30. The number of aliphatic carboxylic acids is 1. The second-order valence-electron chi connectivity index (χ2n) is 6.58. The van der Waals surface area contributed by atoms with E-state index in [-0.39, 0.29) is 18.9 Å². The number of hydrogen-bond acceptors (Lipinski definition) is 4. The van der Waals surface area contributed by atoms with Crippen LogP contribution in [-0.2, 0) is 9.53 Å². The molecule has 1 heterocycles. The van der Waals surface area contributed by atoms with Gasteiger partial charge in [0.2, 0.25) is 0 Å². The Kier molecular flexibility index (Phi) is 5.61. The fourth-order valence-corrected chi connectivity index (χ4v) is 3.17. The number of carbonyl (C=O) groups excluding carboxylic acids is 1. The third-order valence-electron chi connectivity index (χ3n) is 4.06. The van der Waals surface area contributed by atoms with Crippen LogP contribution in [-0.4, -0.2) is 51.5 Å². The lowest BCUT2D eigenvalue weighted by Gasteiger charge is -2.48. The number of ether oxygens (including phenoxy) is 1. The molecule has 1 aliphatic rings. The number of carboxylic acids is 1. The normalized spacial score (nSPS) is 26.5. The lowest BCUT2D eigenvalue weighted by Crippen LogP contribution is -2.64. The Morgan fingerprint density at radius 1 is 1.38 bits per heavy atom. The summed E-state index contributed by atoms with van der Waals surface area (Å²) < 4.78 is 5.36. The fourth-order valence-electron chi connectivity index (χ4n) is 3.17. The quantitative estimate of drug-likeness (QED) is 0.831. The second-order valence-corrected chi connectivity index (χ2v) is 6.58. The highest BCUT2D eigenvalue weighted by molar-refractivity contribution is 5.85. The van der Waals surface area contributed by atoms with Gasteiger partial charge in [-0.3, -0.25) is 4.90 Å². The van der Waals surface area contributed by atoms with E-state index < -0.39 is 23.2 Å². The van der Waals surface area contributed by atoms with E-state index in [1.165, 1.54) is 4.90 Å². The van der Waals surface area contributed by atoms with E-state index in [4.69, 9.17) is 4.74 Å². The summed E-state index contributed by atoms with van der Waals surface area (Å²) in [6.07, 6.45) is 1.54. The molecule has 0 aromatic rings. The van der Waals surface area contributed by atoms with Gasteiger partial charge in [0.15, 0.2) is 0 Å². The number of hydrogen-bond donors (Lipinski definition) is 2. The van der Waals surface area contributed by atoms with E-state index in [1.807, 2.05) is 6.92 Å². The number of amides is 1. The molecule has 21 heavy (non-hydrogen) atoms. The van der Waals surface area contributed by atoms with Crippen molar-refractivity contribution in [3.63, 3.8) is 0 Å². The van der Waals surface area contributed by atoms with Crippen molar-refractivity contribution >= 4 is 12.1 Å². The van der Waals surface area contributed by atoms with Crippen LogP contribution in [0.25, 0.3) is 0 Å². The Bertz CT molecular complexity index is 390. The first-order chi connectivity index (χ1) is 9.69. The van der Waals surface area contributed by atoms with Gasteiger partial charge < -0.3 is 14.9 Å². The van der Waals surface area contributed by atoms with Gasteiger partial charge in [-0.1, -0.05) is 13.3 Å². The van der Waals surface area contributed by atoms with Gasteiger partial charge in [0.05, 0.1) is 0 Å². The predicted molar refractivity (Wildman–Crippen MR) is 78.0 cm³/mol. The van der Waals surface area contributed by atoms with Gasteiger partial charge in [-0.15, -0.1) is 0 Å². The zero-order chi connectivity index (χ0) is 16.3. The highest BCUT2D eigenvalue weighted by atomic mass is 16.6. The highest BCUT2D eigenvalue weighted by Gasteiger charge is 2.54. The molecule has 2 N–H and O–H groups in total. The van der Waals surface area contributed by atoms with Crippen LogP contribution < -0.4 is 0 Å². The molecule has 6 heteroatoms. The average molecular weight is 301 g/mol. The smallest absolute Gasteiger partial charge is 0.411 e. The molecular formula is C15H27NO5. The zero-order valence-corrected chi connectivity index (χ0v) is 13.4. The number of carbonyl (C=O) groups is 2. The molecule has 6 nitrogen and oxygen atoms in total. The molecule has 1 saturated heterocycles. The van der Waals surface area contributed by atoms with Crippen LogP contribution in [0.4, 0.5) is 4.79 Å². The van der Waals surface area contributed by atoms with Crippen molar-refractivity contribution in [2.45, 2.75) is 64.5 Å². The van der Waals surface area contributed by atoms with Gasteiger partial charge in [0.25, 0.3) is 0 Å². The molecule has 1 fully saturated rings. The van der Waals surface area contributed by atoms with Crippen molar-refractivity contribution < 1.29 is 24.5 Å². The highest BCUT2D eigenvalue weighted by Crippen LogP contribution is 2.39. The summed E-state index contributed by atoms with van der Waals surface area (Å²) in [6, 6.07) is 0. The summed E-state index contributed by atoms with van der Waals surface area (Å²) in [5, 5.41) is 19.1. The van der Waals surface area contributed by atoms with Crippen molar-refractivity contribution in [1.82, 2.24) is 4.90 Å². The first-order valence-corrected chi connectivity index (χ1v) is 7.54. The predicted octanol–water partition coefficient (Wildman–Crippen LogP) is 2.25. The van der Waals surface area contributed by atoms with E-state index in [9.17, 15) is 19.8 Å². The summed E-state index contributed by atoms with van der Waals surface area (Å²) in [7, 11) is 0. The third kappa shape index (κ3) is 3.67. The topological polar surface area (TPSA) is 87.1 Å². The molecule has 1 aliphatic heterocycles. The minimum atomic E-state index is -1.37. The summed E-state index contributed by atoms with van der Waals surface area (Å²) >= 11 is 0. The molecule has 0 aromatic heterocycles. The minimum absolute atomic E-state index is 0.0279. The number of aliphatic hydroxyl groups excluding tert-OH is 1. The number of rotatable bonds is 4. The van der Waals surface area contributed by atoms with E-state index in [0.717, 1.165) is 12.8 Å². The lowest BCUT2D eigenvalue weighted by atomic mass is 9.73. The lowest BCUT2D eigenvalue weighted by molar-refractivity contribution is -0.160. The van der Waals surface area contributed by atoms with Crippen molar-refractivity contribution in [1.29, 1.82) is 0 Å². The fraction of sp³-hybridized carbons (Fsp3) is 0.867. The van der Waals surface area contributed by atoms with Crippen molar-refractivity contribution in [3.05, 3.63) is 0 Å². The molecule has 0 saturated carbocycles. The standard InChI is InChI=1S/C15H27NO5/c1-5-11-7-6-9-16(13(20)21-14(2,3)4)15(11,8-10-17)12(18)19/h11,17H,5-10H2,1-4H3,(H,18,19). The van der Waals surface area contributed by atoms with E-state index in [1.54, 1.807) is 20.8 Å². The molecule has 1 amide bonds. The van der Waals surface area contributed by atoms with E-state index >= 15 is 0 Å². The molecular weight excluding hydrogens is 274 g/mol. The maximum absolute atomic E-state index is 12.4. The van der Waals surface area contributed by atoms with Gasteiger partial charge in [-0.2, -0.15) is 0 Å². The van der Waals surface area contributed by atoms with Gasteiger partial charge in [0.1, 0.15) is 11.1 Å². The van der Waals surface area contributed by atoms with Crippen molar-refractivity contribution in [2.24, 2.45) is 5.92 Å². The van der Waals surface area contributed by atoms with Gasteiger partial charge >= 0.3 is 12.1 Å². The third-order valence-corrected chi connectivity index (χ3v) is 4.06. The molecule has 0 bridgehead atoms. The molecule has 122 valence electrons. The van der Waals surface area contributed by atoms with E-state index in [2.05, 4.69) is 0 Å². The van der Waals surface area contributed by atoms with Crippen molar-refractivity contribution in [2.75, 3.05) is 13.2 Å². The number of nitrogens with zero attached hydrogens (tertiary/aromatic N) is 1. The number of aliphatic hydroxyl groups is 1. The molecule has 2 atom stereocenters. The Labute approximate surface area is 126 Å². The van der Waals surface area contributed by atoms with Crippen LogP contribution >= 0.6 is 0 Å². The second kappa shape index (κ2) is 6.64. The van der Waals surface area contributed by atoms with Gasteiger partial charge in [-0.25, -0.2) is 9.59 Å². The molecule has 1 rings (SSSR count). The molecule has 0 aromatic carbocycles. The van der Waals surface area contributed by atoms with Crippen LogP contribution in [0.1, 0.15) is 53.4 Å². The Balaban J connectivity index is 3.18. The molecule has 0 spiro atoms. The summed E-state index contributed by atoms with van der Waals surface area (Å²) in [6.45, 7) is 7.24. The molecule has 0 radical (unpaired) electrons. The minimum Gasteiger partial charge on any atom is -0.479 e. The first-order valence-electron chi connectivity index (χ1n) is 7.54. The summed E-state index contributed by atoms with van der Waals surface area (Å²) in [4.78, 5) is 25.7. The number of likely N-dealkylation sites (tertiary alicyclic amines) is 1. The van der Waals surface area contributed by atoms with Crippen LogP contribution in [0.15, 0.2) is 0 Å². The SMILES string of the molecule is CCC1CCCN(C(=O)OC(C)(C)C)C1(CCO)C(=O)O. The Morgan fingerprint density at radius 2 is 2.00 bits per heavy atom. The molecule has 2 unspecified atom stereocenters. The van der Waals surface area contributed by atoms with Crippen LogP contribution in [0.5, 0.6) is 0 Å². The maximum atomic E-state index is 12.4. The number of piperidine rings is 1. The molecule has 0 aliphatic carbocycles. The zero-order valence-electron chi connectivity index (χ0n) is 13.4. The largest absolute Gasteiger partial charge is 0.479 e. The van der Waals surface area contributed by atoms with E-state index in [0.29, 0.717) is 13.0 Å². The van der Waals surface area contributed by atoms with Gasteiger partial charge in [0, 0.05) is 19.6 Å².